The predicted molar refractivity (Wildman–Crippen MR) is 84.1 cm³/mol. The number of nitrogens with zero attached hydrogens (tertiary/aromatic N) is 3. The van der Waals surface area contributed by atoms with Gasteiger partial charge in [0.25, 0.3) is 0 Å². The van der Waals surface area contributed by atoms with Gasteiger partial charge in [-0.1, -0.05) is 25.6 Å². The van der Waals surface area contributed by atoms with Crippen molar-refractivity contribution < 1.29 is 9.59 Å². The number of rotatable bonds is 3. The molecule has 0 saturated carbocycles. The van der Waals surface area contributed by atoms with Crippen LogP contribution in [-0.2, 0) is 16.0 Å². The van der Waals surface area contributed by atoms with Crippen LogP contribution in [0.3, 0.4) is 0 Å². The lowest BCUT2D eigenvalue weighted by Crippen LogP contribution is -2.43. The van der Waals surface area contributed by atoms with Crippen LogP contribution in [-0.4, -0.2) is 21.5 Å². The third-order valence-electron chi connectivity index (χ3n) is 3.13. The van der Waals surface area contributed by atoms with Crippen molar-refractivity contribution in [1.29, 1.82) is 0 Å². The normalized spacial score (nSPS) is 10.6. The predicted octanol–water partition coefficient (Wildman–Crippen LogP) is 2.75. The molecule has 0 fully saturated rings. The van der Waals surface area contributed by atoms with Gasteiger partial charge in [-0.05, 0) is 30.2 Å². The molecule has 0 aromatic carbocycles. The van der Waals surface area contributed by atoms with E-state index in [-0.39, 0.29) is 11.8 Å². The molecule has 0 aliphatic carbocycles. The molecule has 0 aliphatic rings. The highest BCUT2D eigenvalue weighted by Crippen LogP contribution is 2.18. The highest BCUT2D eigenvalue weighted by molar-refractivity contribution is 7.71. The van der Waals surface area contributed by atoms with Crippen molar-refractivity contribution in [1.82, 2.24) is 9.66 Å². The minimum atomic E-state index is -0.390. The molecule has 0 unspecified atom stereocenters. The largest absolute Gasteiger partial charge is 0.273 e. The zero-order valence-corrected chi connectivity index (χ0v) is 13.1. The first kappa shape index (κ1) is 15.3. The molecule has 2 heterocycles. The molecule has 0 bridgehead atoms. The summed E-state index contributed by atoms with van der Waals surface area (Å²) in [7, 11) is 0. The fourth-order valence-corrected chi connectivity index (χ4v) is 2.65. The fraction of sp³-hybridized carbons (Fsp3) is 0.333. The lowest BCUT2D eigenvalue weighted by atomic mass is 10.1. The molecule has 0 N–H and O–H groups in total. The zero-order chi connectivity index (χ0) is 15.6. The number of aromatic nitrogens is 2. The molecule has 0 aliphatic heterocycles. The average molecular weight is 303 g/mol. The fourth-order valence-electron chi connectivity index (χ4n) is 2.32. The summed E-state index contributed by atoms with van der Waals surface area (Å²) in [5.74, 6) is -0.779. The van der Waals surface area contributed by atoms with E-state index in [9.17, 15) is 9.59 Å². The van der Waals surface area contributed by atoms with Crippen LogP contribution >= 0.6 is 12.2 Å². The van der Waals surface area contributed by atoms with E-state index in [0.29, 0.717) is 10.3 Å². The van der Waals surface area contributed by atoms with Gasteiger partial charge in [0.1, 0.15) is 4.64 Å². The minimum absolute atomic E-state index is 0.390. The van der Waals surface area contributed by atoms with Gasteiger partial charge < -0.3 is 0 Å². The van der Waals surface area contributed by atoms with Gasteiger partial charge in [0.05, 0.1) is 0 Å². The van der Waals surface area contributed by atoms with E-state index in [2.05, 4.69) is 11.9 Å². The van der Waals surface area contributed by atoms with E-state index in [1.807, 2.05) is 18.2 Å². The van der Waals surface area contributed by atoms with E-state index < -0.39 is 0 Å². The minimum Gasteiger partial charge on any atom is -0.273 e. The Hall–Kier alpha value is -2.08. The SMILES string of the molecule is CCCc1cc2cccnc2n(N(C(C)=O)C(C)=O)c1=S. The van der Waals surface area contributed by atoms with Crippen molar-refractivity contribution in [3.05, 3.63) is 34.6 Å². The second-order valence-electron chi connectivity index (χ2n) is 4.80. The van der Waals surface area contributed by atoms with Gasteiger partial charge in [-0.25, -0.2) is 9.66 Å². The van der Waals surface area contributed by atoms with Crippen LogP contribution in [0.1, 0.15) is 32.8 Å². The van der Waals surface area contributed by atoms with Crippen LogP contribution in [0.2, 0.25) is 0 Å². The van der Waals surface area contributed by atoms with Crippen molar-refractivity contribution in [3.8, 4) is 0 Å². The maximum Gasteiger partial charge on any atom is 0.245 e. The van der Waals surface area contributed by atoms with Crippen molar-refractivity contribution in [3.63, 3.8) is 0 Å². The summed E-state index contributed by atoms with van der Waals surface area (Å²) in [6.45, 7) is 4.73. The number of fused-ring (bicyclic) bond motifs is 1. The second-order valence-corrected chi connectivity index (χ2v) is 5.19. The lowest BCUT2D eigenvalue weighted by molar-refractivity contribution is -0.126. The Morgan fingerprint density at radius 1 is 1.33 bits per heavy atom. The number of hydrogen-bond donors (Lipinski definition) is 0. The monoisotopic (exact) mass is 303 g/mol. The summed E-state index contributed by atoms with van der Waals surface area (Å²) in [5.41, 5.74) is 1.44. The lowest BCUT2D eigenvalue weighted by Gasteiger charge is -2.23. The Kier molecular flexibility index (Phi) is 4.47. The molecule has 6 heteroatoms. The molecule has 2 aromatic rings. The Balaban J connectivity index is 2.87. The van der Waals surface area contributed by atoms with Crippen LogP contribution in [0.15, 0.2) is 24.4 Å². The number of imide groups is 1. The Bertz CT molecular complexity index is 753. The van der Waals surface area contributed by atoms with E-state index in [0.717, 1.165) is 28.8 Å². The molecule has 2 aromatic heterocycles. The van der Waals surface area contributed by atoms with Gasteiger partial charge in [-0.3, -0.25) is 9.59 Å². The standard InChI is InChI=1S/C15H17N3O2S/c1-4-6-13-9-12-7-5-8-16-14(12)18(15(13)21)17(10(2)19)11(3)20/h5,7-9H,4,6H2,1-3H3. The van der Waals surface area contributed by atoms with Crippen molar-refractivity contribution >= 4 is 35.1 Å². The molecule has 0 saturated heterocycles. The number of carbonyl (C=O) groups is 2. The summed E-state index contributed by atoms with van der Waals surface area (Å²) in [6.07, 6.45) is 3.33. The van der Waals surface area contributed by atoms with Gasteiger partial charge in [-0.15, -0.1) is 0 Å². The molecule has 0 spiro atoms. The number of pyridine rings is 2. The highest BCUT2D eigenvalue weighted by Gasteiger charge is 2.20. The third kappa shape index (κ3) is 2.85. The quantitative estimate of drug-likeness (QED) is 0.818. The van der Waals surface area contributed by atoms with Crippen LogP contribution in [0.4, 0.5) is 0 Å². The smallest absolute Gasteiger partial charge is 0.245 e. The van der Waals surface area contributed by atoms with E-state index in [4.69, 9.17) is 12.2 Å². The van der Waals surface area contributed by atoms with Crippen LogP contribution in [0, 0.1) is 4.64 Å². The van der Waals surface area contributed by atoms with Crippen LogP contribution < -0.4 is 5.01 Å². The molecule has 2 rings (SSSR count). The number of aryl methyl sites for hydroxylation is 1. The second kappa shape index (κ2) is 6.13. The molecule has 5 nitrogen and oxygen atoms in total. The van der Waals surface area contributed by atoms with Gasteiger partial charge in [0.15, 0.2) is 5.65 Å². The maximum absolute atomic E-state index is 11.9. The van der Waals surface area contributed by atoms with Gasteiger partial charge in [0.2, 0.25) is 11.8 Å². The molecule has 21 heavy (non-hydrogen) atoms. The number of hydrogen-bond acceptors (Lipinski definition) is 4. The average Bonchev–Trinajstić information content (AvgIpc) is 2.42. The first-order valence-corrected chi connectivity index (χ1v) is 7.19. The number of amides is 2. The summed E-state index contributed by atoms with van der Waals surface area (Å²) in [5, 5.41) is 1.89. The maximum atomic E-state index is 11.9. The first-order chi connectivity index (χ1) is 9.97. The number of carbonyl (C=O) groups excluding carboxylic acids is 2. The van der Waals surface area contributed by atoms with Crippen LogP contribution in [0.5, 0.6) is 0 Å². The van der Waals surface area contributed by atoms with E-state index >= 15 is 0 Å². The van der Waals surface area contributed by atoms with Gasteiger partial charge in [-0.2, -0.15) is 5.01 Å². The third-order valence-corrected chi connectivity index (χ3v) is 3.57. The summed E-state index contributed by atoms with van der Waals surface area (Å²) < 4.78 is 1.90. The summed E-state index contributed by atoms with van der Waals surface area (Å²) >= 11 is 5.48. The van der Waals surface area contributed by atoms with Crippen molar-refractivity contribution in [2.24, 2.45) is 0 Å². The zero-order valence-electron chi connectivity index (χ0n) is 12.3. The molecule has 0 atom stereocenters. The Morgan fingerprint density at radius 3 is 2.57 bits per heavy atom. The molecule has 2 amide bonds. The van der Waals surface area contributed by atoms with Gasteiger partial charge in [0, 0.05) is 25.4 Å². The molecule has 0 radical (unpaired) electrons. The highest BCUT2D eigenvalue weighted by atomic mass is 32.1. The van der Waals surface area contributed by atoms with Crippen molar-refractivity contribution in [2.75, 3.05) is 5.01 Å². The van der Waals surface area contributed by atoms with E-state index in [1.165, 1.54) is 18.5 Å². The molecular weight excluding hydrogens is 286 g/mol. The van der Waals surface area contributed by atoms with Crippen LogP contribution in [0.25, 0.3) is 11.0 Å². The Labute approximate surface area is 128 Å². The molecule has 110 valence electrons. The first-order valence-electron chi connectivity index (χ1n) is 6.78. The Morgan fingerprint density at radius 2 is 2.00 bits per heavy atom. The summed E-state index contributed by atoms with van der Waals surface area (Å²) in [4.78, 5) is 28.0. The summed E-state index contributed by atoms with van der Waals surface area (Å²) in [6, 6.07) is 5.69. The topological polar surface area (TPSA) is 55.2 Å². The van der Waals surface area contributed by atoms with Gasteiger partial charge >= 0.3 is 0 Å². The van der Waals surface area contributed by atoms with E-state index in [1.54, 1.807) is 6.20 Å². The molecular formula is C15H17N3O2S. The van der Waals surface area contributed by atoms with Crippen molar-refractivity contribution in [2.45, 2.75) is 33.6 Å².